The van der Waals surface area contributed by atoms with Crippen molar-refractivity contribution >= 4 is 11.6 Å². The minimum atomic E-state index is 0.265. The fourth-order valence-electron chi connectivity index (χ4n) is 3.31. The highest BCUT2D eigenvalue weighted by atomic mass is 16.2. The summed E-state index contributed by atoms with van der Waals surface area (Å²) in [5.41, 5.74) is 3.00. The lowest BCUT2D eigenvalue weighted by molar-refractivity contribution is -0.132. The third-order valence-corrected chi connectivity index (χ3v) is 4.49. The Morgan fingerprint density at radius 1 is 1.33 bits per heavy atom. The van der Waals surface area contributed by atoms with Crippen molar-refractivity contribution in [1.82, 2.24) is 4.90 Å². The van der Waals surface area contributed by atoms with E-state index in [1.165, 1.54) is 11.3 Å². The van der Waals surface area contributed by atoms with E-state index in [9.17, 15) is 4.79 Å². The summed E-state index contributed by atoms with van der Waals surface area (Å²) in [4.78, 5) is 13.7. The van der Waals surface area contributed by atoms with E-state index in [0.717, 1.165) is 32.5 Å². The number of rotatable bonds is 1. The summed E-state index contributed by atoms with van der Waals surface area (Å²) in [5.74, 6) is 0.295. The molecule has 1 aromatic carbocycles. The Morgan fingerprint density at radius 2 is 2.06 bits per heavy atom. The number of hydrogen-bond donors (Lipinski definition) is 1. The van der Waals surface area contributed by atoms with Gasteiger partial charge in [-0.15, -0.1) is 0 Å². The minimum Gasteiger partial charge on any atom is -0.384 e. The Morgan fingerprint density at radius 3 is 2.78 bits per heavy atom. The molecule has 1 saturated heterocycles. The summed E-state index contributed by atoms with van der Waals surface area (Å²) in [5, 5.41) is 3.52. The molecule has 1 fully saturated rings. The van der Waals surface area contributed by atoms with E-state index >= 15 is 0 Å². The van der Waals surface area contributed by atoms with E-state index < -0.39 is 0 Å². The van der Waals surface area contributed by atoms with Gasteiger partial charge in [0.05, 0.1) is 0 Å². The Labute approximate surface area is 108 Å². The zero-order chi connectivity index (χ0) is 12.6. The van der Waals surface area contributed by atoms with E-state index in [2.05, 4.69) is 29.6 Å². The molecule has 96 valence electrons. The molecule has 0 radical (unpaired) electrons. The highest BCUT2D eigenvalue weighted by Crippen LogP contribution is 2.43. The van der Waals surface area contributed by atoms with Crippen molar-refractivity contribution < 1.29 is 4.79 Å². The lowest BCUT2D eigenvalue weighted by Crippen LogP contribution is -2.45. The molecule has 0 aromatic heterocycles. The van der Waals surface area contributed by atoms with Gasteiger partial charge in [-0.3, -0.25) is 4.79 Å². The Kier molecular flexibility index (Phi) is 2.77. The van der Waals surface area contributed by atoms with E-state index in [4.69, 9.17) is 0 Å². The lowest BCUT2D eigenvalue weighted by Gasteiger charge is -2.39. The number of anilines is 1. The fourth-order valence-corrected chi connectivity index (χ4v) is 3.31. The SMILES string of the molecule is CCC(=O)N1CCC2(CC1)CNc1ccccc12. The van der Waals surface area contributed by atoms with Crippen molar-refractivity contribution in [2.24, 2.45) is 0 Å². The van der Waals surface area contributed by atoms with Gasteiger partial charge in [-0.05, 0) is 24.5 Å². The molecule has 18 heavy (non-hydrogen) atoms. The number of para-hydroxylation sites is 1. The van der Waals surface area contributed by atoms with Crippen LogP contribution in [0.4, 0.5) is 5.69 Å². The molecule has 1 N–H and O–H groups in total. The van der Waals surface area contributed by atoms with Crippen LogP contribution < -0.4 is 5.32 Å². The van der Waals surface area contributed by atoms with Gasteiger partial charge in [0.2, 0.25) is 5.91 Å². The minimum absolute atomic E-state index is 0.265. The van der Waals surface area contributed by atoms with Crippen LogP contribution in [0.3, 0.4) is 0 Å². The Hall–Kier alpha value is -1.51. The number of piperidine rings is 1. The Balaban J connectivity index is 1.79. The number of likely N-dealkylation sites (tertiary alicyclic amines) is 1. The van der Waals surface area contributed by atoms with Crippen LogP contribution in [-0.4, -0.2) is 30.4 Å². The van der Waals surface area contributed by atoms with Crippen LogP contribution in [0.2, 0.25) is 0 Å². The molecule has 3 nitrogen and oxygen atoms in total. The largest absolute Gasteiger partial charge is 0.384 e. The topological polar surface area (TPSA) is 32.3 Å². The van der Waals surface area contributed by atoms with Gasteiger partial charge in [-0.25, -0.2) is 0 Å². The maximum atomic E-state index is 11.7. The number of benzene rings is 1. The molecule has 3 rings (SSSR count). The van der Waals surface area contributed by atoms with E-state index in [0.29, 0.717) is 12.3 Å². The van der Waals surface area contributed by atoms with Crippen LogP contribution in [0.15, 0.2) is 24.3 Å². The standard InChI is InChI=1S/C15H20N2O/c1-2-14(18)17-9-7-15(8-10-17)11-16-13-6-4-3-5-12(13)15/h3-6,16H,2,7-11H2,1H3. The van der Waals surface area contributed by atoms with Gasteiger partial charge in [-0.1, -0.05) is 25.1 Å². The van der Waals surface area contributed by atoms with Crippen LogP contribution in [0.1, 0.15) is 31.7 Å². The Bertz CT molecular complexity index is 461. The molecular formula is C15H20N2O. The van der Waals surface area contributed by atoms with Crippen LogP contribution in [0.25, 0.3) is 0 Å². The average molecular weight is 244 g/mol. The van der Waals surface area contributed by atoms with Crippen molar-refractivity contribution in [2.75, 3.05) is 25.0 Å². The molecule has 0 bridgehead atoms. The maximum absolute atomic E-state index is 11.7. The van der Waals surface area contributed by atoms with Gasteiger partial charge in [0.15, 0.2) is 0 Å². The zero-order valence-corrected chi connectivity index (χ0v) is 10.9. The van der Waals surface area contributed by atoms with Gasteiger partial charge >= 0.3 is 0 Å². The second kappa shape index (κ2) is 4.30. The summed E-state index contributed by atoms with van der Waals surface area (Å²) in [7, 11) is 0. The summed E-state index contributed by atoms with van der Waals surface area (Å²) in [6, 6.07) is 8.61. The highest BCUT2D eigenvalue weighted by molar-refractivity contribution is 5.76. The molecule has 1 spiro atoms. The van der Waals surface area contributed by atoms with Gasteiger partial charge in [0.25, 0.3) is 0 Å². The van der Waals surface area contributed by atoms with Gasteiger partial charge in [0.1, 0.15) is 0 Å². The van der Waals surface area contributed by atoms with E-state index in [1.54, 1.807) is 0 Å². The first-order chi connectivity index (χ1) is 8.75. The predicted octanol–water partition coefficient (Wildman–Crippen LogP) is 2.38. The molecule has 0 saturated carbocycles. The number of fused-ring (bicyclic) bond motifs is 2. The van der Waals surface area contributed by atoms with Gasteiger partial charge in [0, 0.05) is 37.2 Å². The molecule has 2 aliphatic heterocycles. The number of hydrogen-bond acceptors (Lipinski definition) is 2. The molecule has 3 heteroatoms. The first-order valence-electron chi connectivity index (χ1n) is 6.86. The fraction of sp³-hybridized carbons (Fsp3) is 0.533. The first-order valence-corrected chi connectivity index (χ1v) is 6.86. The number of nitrogens with one attached hydrogen (secondary N) is 1. The molecule has 0 atom stereocenters. The number of nitrogens with zero attached hydrogens (tertiary/aromatic N) is 1. The van der Waals surface area contributed by atoms with Crippen molar-refractivity contribution in [1.29, 1.82) is 0 Å². The smallest absolute Gasteiger partial charge is 0.222 e. The molecule has 1 amide bonds. The molecule has 0 unspecified atom stereocenters. The molecule has 2 aliphatic rings. The quantitative estimate of drug-likeness (QED) is 0.822. The third kappa shape index (κ3) is 1.69. The first kappa shape index (κ1) is 11.6. The molecule has 1 aromatic rings. The second-order valence-corrected chi connectivity index (χ2v) is 5.41. The van der Waals surface area contributed by atoms with Gasteiger partial charge < -0.3 is 10.2 Å². The molecule has 2 heterocycles. The zero-order valence-electron chi connectivity index (χ0n) is 10.9. The van der Waals surface area contributed by atoms with Gasteiger partial charge in [-0.2, -0.15) is 0 Å². The number of carbonyl (C=O) groups excluding carboxylic acids is 1. The van der Waals surface area contributed by atoms with Crippen LogP contribution in [0, 0.1) is 0 Å². The summed E-state index contributed by atoms with van der Waals surface area (Å²) in [6.45, 7) is 4.78. The summed E-state index contributed by atoms with van der Waals surface area (Å²) >= 11 is 0. The van der Waals surface area contributed by atoms with Crippen molar-refractivity contribution in [3.8, 4) is 0 Å². The van der Waals surface area contributed by atoms with Crippen LogP contribution in [0.5, 0.6) is 0 Å². The predicted molar refractivity (Wildman–Crippen MR) is 72.7 cm³/mol. The van der Waals surface area contributed by atoms with Crippen molar-refractivity contribution in [3.63, 3.8) is 0 Å². The molecular weight excluding hydrogens is 224 g/mol. The van der Waals surface area contributed by atoms with Crippen molar-refractivity contribution in [3.05, 3.63) is 29.8 Å². The van der Waals surface area contributed by atoms with Crippen LogP contribution >= 0.6 is 0 Å². The summed E-state index contributed by atoms with van der Waals surface area (Å²) < 4.78 is 0. The molecule has 0 aliphatic carbocycles. The van der Waals surface area contributed by atoms with E-state index in [-0.39, 0.29) is 5.41 Å². The average Bonchev–Trinajstić information content (AvgIpc) is 2.78. The normalized spacial score (nSPS) is 20.6. The maximum Gasteiger partial charge on any atom is 0.222 e. The highest BCUT2D eigenvalue weighted by Gasteiger charge is 2.41. The second-order valence-electron chi connectivity index (χ2n) is 5.41. The third-order valence-electron chi connectivity index (χ3n) is 4.49. The lowest BCUT2D eigenvalue weighted by atomic mass is 9.74. The van der Waals surface area contributed by atoms with Crippen LogP contribution in [-0.2, 0) is 10.2 Å². The number of carbonyl (C=O) groups is 1. The van der Waals surface area contributed by atoms with E-state index in [1.807, 2.05) is 11.8 Å². The summed E-state index contributed by atoms with van der Waals surface area (Å²) in [6.07, 6.45) is 2.80. The van der Waals surface area contributed by atoms with Crippen molar-refractivity contribution in [2.45, 2.75) is 31.6 Å². The number of amides is 1. The monoisotopic (exact) mass is 244 g/mol.